The van der Waals surface area contributed by atoms with Gasteiger partial charge >= 0.3 is 0 Å². The van der Waals surface area contributed by atoms with Crippen LogP contribution >= 0.6 is 0 Å². The molecule has 3 aromatic rings. The molecule has 1 aliphatic carbocycles. The minimum atomic E-state index is -0.626. The fraction of sp³-hybridized carbons (Fsp3) is 0.250. The van der Waals surface area contributed by atoms with Gasteiger partial charge in [-0.25, -0.2) is 0 Å². The van der Waals surface area contributed by atoms with Gasteiger partial charge in [-0.1, -0.05) is 5.92 Å². The lowest BCUT2D eigenvalue weighted by atomic mass is 9.77. The number of aromatic hydroxyl groups is 1. The number of fused-ring (bicyclic) bond motifs is 1. The monoisotopic (exact) mass is 346 g/mol. The number of rotatable bonds is 3. The lowest BCUT2D eigenvalue weighted by Gasteiger charge is -2.41. The highest BCUT2D eigenvalue weighted by Gasteiger charge is 2.38. The number of benzene rings is 1. The zero-order chi connectivity index (χ0) is 18.3. The molecule has 3 N–H and O–H groups in total. The molecule has 0 bridgehead atoms. The summed E-state index contributed by atoms with van der Waals surface area (Å²) in [5.41, 5.74) is 1.73. The maximum atomic E-state index is 10.3. The van der Waals surface area contributed by atoms with Crippen LogP contribution in [-0.2, 0) is 0 Å². The number of nitrogens with zero attached hydrogens (tertiary/aromatic N) is 3. The van der Waals surface area contributed by atoms with E-state index in [9.17, 15) is 10.2 Å². The van der Waals surface area contributed by atoms with Crippen LogP contribution in [-0.4, -0.2) is 37.0 Å². The molecular weight excluding hydrogens is 328 g/mol. The van der Waals surface area contributed by atoms with Gasteiger partial charge in [0.05, 0.1) is 5.60 Å². The van der Waals surface area contributed by atoms with Crippen LogP contribution in [0.2, 0.25) is 0 Å². The van der Waals surface area contributed by atoms with Crippen molar-refractivity contribution in [2.45, 2.75) is 31.4 Å². The third-order valence-corrected chi connectivity index (χ3v) is 4.67. The van der Waals surface area contributed by atoms with Crippen LogP contribution < -0.4 is 5.32 Å². The molecule has 26 heavy (non-hydrogen) atoms. The lowest BCUT2D eigenvalue weighted by Crippen LogP contribution is -2.48. The molecule has 6 nitrogen and oxygen atoms in total. The topological polar surface area (TPSA) is 91.2 Å². The molecule has 1 aromatic carbocycles. The fourth-order valence-corrected chi connectivity index (χ4v) is 3.40. The van der Waals surface area contributed by atoms with E-state index in [1.807, 2.05) is 19.1 Å². The number of phenolic OH excluding ortho intramolecular Hbond substituents is 1. The molecule has 0 unspecified atom stereocenters. The highest BCUT2D eigenvalue weighted by molar-refractivity contribution is 5.98. The summed E-state index contributed by atoms with van der Waals surface area (Å²) in [7, 11) is 0. The largest absolute Gasteiger partial charge is 0.507 e. The van der Waals surface area contributed by atoms with Crippen LogP contribution in [0.1, 0.15) is 25.3 Å². The van der Waals surface area contributed by atoms with E-state index < -0.39 is 5.60 Å². The van der Waals surface area contributed by atoms with Crippen LogP contribution in [0.3, 0.4) is 0 Å². The minimum Gasteiger partial charge on any atom is -0.507 e. The smallest absolute Gasteiger partial charge is 0.175 e. The van der Waals surface area contributed by atoms with Crippen molar-refractivity contribution in [2.75, 3.05) is 5.32 Å². The second-order valence-corrected chi connectivity index (χ2v) is 6.92. The molecule has 0 spiro atoms. The van der Waals surface area contributed by atoms with Crippen molar-refractivity contribution >= 4 is 16.7 Å². The van der Waals surface area contributed by atoms with Gasteiger partial charge in [-0.3, -0.25) is 4.98 Å². The maximum Gasteiger partial charge on any atom is 0.175 e. The van der Waals surface area contributed by atoms with Gasteiger partial charge in [0.1, 0.15) is 17.0 Å². The summed E-state index contributed by atoms with van der Waals surface area (Å²) in [6.45, 7) is 1.82. The zero-order valence-electron chi connectivity index (χ0n) is 14.3. The third kappa shape index (κ3) is 2.83. The summed E-state index contributed by atoms with van der Waals surface area (Å²) >= 11 is 0. The van der Waals surface area contributed by atoms with Crippen LogP contribution in [0.25, 0.3) is 22.2 Å². The molecule has 0 atom stereocenters. The number of phenols is 1. The Morgan fingerprint density at radius 1 is 1.27 bits per heavy atom. The quantitative estimate of drug-likeness (QED) is 0.632. The van der Waals surface area contributed by atoms with Crippen molar-refractivity contribution in [3.05, 3.63) is 42.1 Å². The molecular formula is C20H18N4O2. The SMILES string of the molecule is C#Cc1ccc(-c2nnc(NC3CC(C)(O)C3)c3ncccc23)c(O)c1. The van der Waals surface area contributed by atoms with Crippen molar-refractivity contribution in [1.82, 2.24) is 15.2 Å². The number of nitrogens with one attached hydrogen (secondary N) is 1. The number of aromatic nitrogens is 3. The maximum absolute atomic E-state index is 10.3. The molecule has 0 amide bonds. The number of pyridine rings is 1. The first-order valence-electron chi connectivity index (χ1n) is 8.37. The Morgan fingerprint density at radius 3 is 2.77 bits per heavy atom. The summed E-state index contributed by atoms with van der Waals surface area (Å²) < 4.78 is 0. The van der Waals surface area contributed by atoms with Crippen molar-refractivity contribution in [3.8, 4) is 29.4 Å². The number of anilines is 1. The predicted octanol–water partition coefficient (Wildman–Crippen LogP) is 2.70. The highest BCUT2D eigenvalue weighted by Crippen LogP contribution is 2.37. The van der Waals surface area contributed by atoms with E-state index in [1.165, 1.54) is 6.07 Å². The van der Waals surface area contributed by atoms with Gasteiger partial charge in [0.15, 0.2) is 5.82 Å². The van der Waals surface area contributed by atoms with E-state index in [0.717, 1.165) is 5.39 Å². The number of aliphatic hydroxyl groups is 1. The minimum absolute atomic E-state index is 0.0515. The van der Waals surface area contributed by atoms with E-state index in [4.69, 9.17) is 6.42 Å². The normalized spacial score (nSPS) is 21.8. The van der Waals surface area contributed by atoms with Gasteiger partial charge < -0.3 is 15.5 Å². The standard InChI is InChI=1S/C20H18N4O2/c1-3-12-6-7-14(16(25)9-12)17-15-5-4-8-21-18(15)19(24-23-17)22-13-10-20(2,26)11-13/h1,4-9,13,25-26H,10-11H2,2H3,(H,22,24). The average Bonchev–Trinajstić information content (AvgIpc) is 2.61. The van der Waals surface area contributed by atoms with E-state index in [2.05, 4.69) is 26.4 Å². The Labute approximate surface area is 150 Å². The Kier molecular flexibility index (Phi) is 3.74. The molecule has 1 aliphatic rings. The van der Waals surface area contributed by atoms with Gasteiger partial charge in [0.2, 0.25) is 0 Å². The summed E-state index contributed by atoms with van der Waals surface area (Å²) in [6.07, 6.45) is 8.37. The molecule has 0 saturated heterocycles. The summed E-state index contributed by atoms with van der Waals surface area (Å²) in [4.78, 5) is 4.44. The number of terminal acetylenes is 1. The average molecular weight is 346 g/mol. The van der Waals surface area contributed by atoms with E-state index in [1.54, 1.807) is 18.3 Å². The third-order valence-electron chi connectivity index (χ3n) is 4.67. The zero-order valence-corrected chi connectivity index (χ0v) is 14.3. The molecule has 4 rings (SSSR count). The molecule has 130 valence electrons. The van der Waals surface area contributed by atoms with Gasteiger partial charge in [-0.2, -0.15) is 0 Å². The summed E-state index contributed by atoms with van der Waals surface area (Å²) in [5.74, 6) is 3.12. The Balaban J connectivity index is 1.76. The number of hydrogen-bond donors (Lipinski definition) is 3. The van der Waals surface area contributed by atoms with Crippen LogP contribution in [0.4, 0.5) is 5.82 Å². The van der Waals surface area contributed by atoms with Crippen molar-refractivity contribution in [2.24, 2.45) is 0 Å². The molecule has 1 saturated carbocycles. The first-order chi connectivity index (χ1) is 12.5. The highest BCUT2D eigenvalue weighted by atomic mass is 16.3. The van der Waals surface area contributed by atoms with Crippen molar-refractivity contribution < 1.29 is 10.2 Å². The second-order valence-electron chi connectivity index (χ2n) is 6.92. The van der Waals surface area contributed by atoms with Crippen molar-refractivity contribution in [3.63, 3.8) is 0 Å². The number of hydrogen-bond acceptors (Lipinski definition) is 6. The molecule has 0 radical (unpaired) electrons. The van der Waals surface area contributed by atoms with Crippen LogP contribution in [0.5, 0.6) is 5.75 Å². The lowest BCUT2D eigenvalue weighted by molar-refractivity contribution is -0.0235. The van der Waals surface area contributed by atoms with E-state index >= 15 is 0 Å². The fourth-order valence-electron chi connectivity index (χ4n) is 3.40. The Hall–Kier alpha value is -3.17. The van der Waals surface area contributed by atoms with Gasteiger partial charge in [0, 0.05) is 28.8 Å². The Bertz CT molecular complexity index is 1030. The van der Waals surface area contributed by atoms with Crippen molar-refractivity contribution in [1.29, 1.82) is 0 Å². The molecule has 6 heteroatoms. The molecule has 2 heterocycles. The molecule has 2 aromatic heterocycles. The predicted molar refractivity (Wildman–Crippen MR) is 99.6 cm³/mol. The van der Waals surface area contributed by atoms with Gasteiger partial charge in [-0.05, 0) is 50.1 Å². The summed E-state index contributed by atoms with van der Waals surface area (Å²) in [6, 6.07) is 8.86. The Morgan fingerprint density at radius 2 is 2.08 bits per heavy atom. The van der Waals surface area contributed by atoms with E-state index in [0.29, 0.717) is 41.0 Å². The second kappa shape index (κ2) is 5.97. The van der Waals surface area contributed by atoms with Crippen LogP contribution in [0.15, 0.2) is 36.5 Å². The first-order valence-corrected chi connectivity index (χ1v) is 8.37. The summed E-state index contributed by atoms with van der Waals surface area (Å²) in [5, 5.41) is 32.9. The van der Waals surface area contributed by atoms with Gasteiger partial charge in [0.25, 0.3) is 0 Å². The first kappa shape index (κ1) is 16.3. The van der Waals surface area contributed by atoms with E-state index in [-0.39, 0.29) is 11.8 Å². The molecule has 1 fully saturated rings. The van der Waals surface area contributed by atoms with Gasteiger partial charge in [-0.15, -0.1) is 16.6 Å². The van der Waals surface area contributed by atoms with Crippen LogP contribution in [0, 0.1) is 12.3 Å². The molecule has 0 aliphatic heterocycles.